The Morgan fingerprint density at radius 3 is 2.78 bits per heavy atom. The summed E-state index contributed by atoms with van der Waals surface area (Å²) >= 11 is 1.44. The van der Waals surface area contributed by atoms with Crippen LogP contribution in [0, 0.1) is 0 Å². The minimum atomic E-state index is -0.265. The Balaban J connectivity index is 1.60. The molecule has 27 heavy (non-hydrogen) atoms. The number of rotatable bonds is 2. The molecule has 1 aromatic heterocycles. The lowest BCUT2D eigenvalue weighted by molar-refractivity contribution is -0.113. The summed E-state index contributed by atoms with van der Waals surface area (Å²) in [5.41, 5.74) is 1.32. The maximum atomic E-state index is 12.9. The molecule has 9 heteroatoms. The number of aromatic nitrogens is 2. The Morgan fingerprint density at radius 2 is 1.93 bits per heavy atom. The number of anilines is 1. The van der Waals surface area contributed by atoms with Gasteiger partial charge in [0, 0.05) is 13.2 Å². The molecule has 4 heterocycles. The highest BCUT2D eigenvalue weighted by atomic mass is 32.2. The fourth-order valence-electron chi connectivity index (χ4n) is 3.80. The zero-order valence-corrected chi connectivity index (χ0v) is 15.3. The molecule has 0 radical (unpaired) electrons. The quantitative estimate of drug-likeness (QED) is 0.816. The van der Waals surface area contributed by atoms with Gasteiger partial charge in [-0.1, -0.05) is 6.07 Å². The number of amides is 1. The van der Waals surface area contributed by atoms with Gasteiger partial charge in [0.25, 0.3) is 5.56 Å². The van der Waals surface area contributed by atoms with Gasteiger partial charge in [-0.2, -0.15) is 0 Å². The molecule has 142 valence electrons. The smallest absolute Gasteiger partial charge is 0.270 e. The second-order valence-electron chi connectivity index (χ2n) is 6.77. The van der Waals surface area contributed by atoms with E-state index in [0.717, 1.165) is 18.4 Å². The monoisotopic (exact) mass is 389 g/mol. The summed E-state index contributed by atoms with van der Waals surface area (Å²) in [7, 11) is 0. The van der Waals surface area contributed by atoms with Crippen molar-refractivity contribution < 1.29 is 19.0 Å². The van der Waals surface area contributed by atoms with Gasteiger partial charge in [0.05, 0.1) is 22.6 Å². The predicted molar refractivity (Wildman–Crippen MR) is 99.6 cm³/mol. The van der Waals surface area contributed by atoms with Crippen molar-refractivity contribution in [1.82, 2.24) is 9.78 Å². The van der Waals surface area contributed by atoms with Gasteiger partial charge in [0.1, 0.15) is 5.82 Å². The number of fused-ring (bicyclic) bond motifs is 2. The van der Waals surface area contributed by atoms with Gasteiger partial charge in [-0.3, -0.25) is 19.4 Å². The van der Waals surface area contributed by atoms with E-state index in [2.05, 4.69) is 10.4 Å². The molecule has 1 saturated heterocycles. The highest BCUT2D eigenvalue weighted by Gasteiger charge is 2.33. The molecule has 2 aromatic rings. The van der Waals surface area contributed by atoms with Gasteiger partial charge in [0.2, 0.25) is 12.7 Å². The average Bonchev–Trinajstić information content (AvgIpc) is 3.23. The molecule has 3 aliphatic rings. The Kier molecular flexibility index (Phi) is 4.13. The molecule has 1 atom stereocenters. The number of H-pyrrole nitrogens is 1. The standard InChI is InChI=1S/C18H19N3O5S/c22-14-8-27-16(10-1-2-12-13(7-10)26-9-25-12)15-17(19-14)21(20-18(15)23)11-3-5-24-6-4-11/h1-2,7,11,16H,3-6,8-9H2,(H,19,22)(H,20,23)/t16-/m1/s1. The number of benzene rings is 1. The van der Waals surface area contributed by atoms with E-state index >= 15 is 0 Å². The summed E-state index contributed by atoms with van der Waals surface area (Å²) in [5.74, 6) is 2.11. The molecule has 1 aromatic carbocycles. The normalized spacial score (nSPS) is 22.2. The summed E-state index contributed by atoms with van der Waals surface area (Å²) < 4.78 is 18.1. The second kappa shape index (κ2) is 6.65. The van der Waals surface area contributed by atoms with E-state index in [9.17, 15) is 9.59 Å². The summed E-state index contributed by atoms with van der Waals surface area (Å²) in [4.78, 5) is 25.2. The van der Waals surface area contributed by atoms with Crippen molar-refractivity contribution in [2.24, 2.45) is 0 Å². The van der Waals surface area contributed by atoms with Crippen LogP contribution >= 0.6 is 11.8 Å². The molecule has 1 amide bonds. The predicted octanol–water partition coefficient (Wildman–Crippen LogP) is 2.03. The third-order valence-corrected chi connectivity index (χ3v) is 6.39. The van der Waals surface area contributed by atoms with Gasteiger partial charge >= 0.3 is 0 Å². The Morgan fingerprint density at radius 1 is 1.11 bits per heavy atom. The van der Waals surface area contributed by atoms with Crippen molar-refractivity contribution in [3.63, 3.8) is 0 Å². The fraction of sp³-hybridized carbons (Fsp3) is 0.444. The number of carbonyl (C=O) groups is 1. The van der Waals surface area contributed by atoms with Crippen LogP contribution in [0.4, 0.5) is 5.82 Å². The van der Waals surface area contributed by atoms with Crippen molar-refractivity contribution in [3.8, 4) is 11.5 Å². The van der Waals surface area contributed by atoms with E-state index in [-0.39, 0.29) is 35.3 Å². The highest BCUT2D eigenvalue weighted by Crippen LogP contribution is 2.44. The van der Waals surface area contributed by atoms with Crippen molar-refractivity contribution in [2.45, 2.75) is 24.1 Å². The first-order valence-electron chi connectivity index (χ1n) is 8.94. The molecule has 8 nitrogen and oxygen atoms in total. The van der Waals surface area contributed by atoms with E-state index in [1.807, 2.05) is 22.9 Å². The minimum Gasteiger partial charge on any atom is -0.454 e. The third-order valence-electron chi connectivity index (χ3n) is 5.12. The first-order valence-corrected chi connectivity index (χ1v) is 9.99. The molecular weight excluding hydrogens is 370 g/mol. The SMILES string of the molecule is O=C1CS[C@H](c2ccc3c(c2)OCO3)c2c(n(C3CCOCC3)[nH]c2=O)N1. The molecular formula is C18H19N3O5S. The van der Waals surface area contributed by atoms with Gasteiger partial charge < -0.3 is 19.5 Å². The summed E-state index contributed by atoms with van der Waals surface area (Å²) in [6, 6.07) is 5.78. The molecule has 1 fully saturated rings. The van der Waals surface area contributed by atoms with Crippen LogP contribution < -0.4 is 20.3 Å². The van der Waals surface area contributed by atoms with E-state index in [0.29, 0.717) is 36.1 Å². The van der Waals surface area contributed by atoms with E-state index < -0.39 is 0 Å². The number of hydrogen-bond donors (Lipinski definition) is 2. The maximum absolute atomic E-state index is 12.9. The number of carbonyl (C=O) groups excluding carboxylic acids is 1. The number of aromatic amines is 1. The van der Waals surface area contributed by atoms with Crippen LogP contribution in [0.3, 0.4) is 0 Å². The molecule has 0 bridgehead atoms. The Hall–Kier alpha value is -2.39. The van der Waals surface area contributed by atoms with Crippen molar-refractivity contribution in [1.29, 1.82) is 0 Å². The van der Waals surface area contributed by atoms with E-state index in [1.165, 1.54) is 11.8 Å². The molecule has 2 N–H and O–H groups in total. The van der Waals surface area contributed by atoms with Gasteiger partial charge in [-0.05, 0) is 30.5 Å². The molecule has 5 rings (SSSR count). The third kappa shape index (κ3) is 2.90. The number of nitrogens with zero attached hydrogens (tertiary/aromatic N) is 1. The number of ether oxygens (including phenoxy) is 3. The Bertz CT molecular complexity index is 947. The van der Waals surface area contributed by atoms with Crippen LogP contribution in [-0.2, 0) is 9.53 Å². The molecule has 0 saturated carbocycles. The van der Waals surface area contributed by atoms with Crippen molar-refractivity contribution in [3.05, 3.63) is 39.7 Å². The lowest BCUT2D eigenvalue weighted by atomic mass is 10.0. The van der Waals surface area contributed by atoms with Crippen LogP contribution in [0.5, 0.6) is 11.5 Å². The summed E-state index contributed by atoms with van der Waals surface area (Å²) in [5, 5.41) is 5.62. The van der Waals surface area contributed by atoms with E-state index in [4.69, 9.17) is 14.2 Å². The zero-order chi connectivity index (χ0) is 18.4. The fourth-order valence-corrected chi connectivity index (χ4v) is 4.92. The van der Waals surface area contributed by atoms with Crippen molar-refractivity contribution in [2.75, 3.05) is 31.1 Å². The first kappa shape index (κ1) is 16.8. The highest BCUT2D eigenvalue weighted by molar-refractivity contribution is 8.00. The van der Waals surface area contributed by atoms with Crippen LogP contribution in [0.1, 0.15) is 35.3 Å². The number of nitrogens with one attached hydrogen (secondary N) is 2. The Labute approximate surface area is 159 Å². The van der Waals surface area contributed by atoms with Gasteiger partial charge in [0.15, 0.2) is 11.5 Å². The molecule has 0 unspecified atom stereocenters. The van der Waals surface area contributed by atoms with Crippen molar-refractivity contribution >= 4 is 23.5 Å². The maximum Gasteiger partial charge on any atom is 0.270 e. The van der Waals surface area contributed by atoms with Crippen LogP contribution in [0.15, 0.2) is 23.0 Å². The zero-order valence-electron chi connectivity index (χ0n) is 14.5. The van der Waals surface area contributed by atoms with E-state index in [1.54, 1.807) is 0 Å². The lowest BCUT2D eigenvalue weighted by Gasteiger charge is -2.25. The summed E-state index contributed by atoms with van der Waals surface area (Å²) in [6.45, 7) is 1.49. The average molecular weight is 389 g/mol. The number of hydrogen-bond acceptors (Lipinski definition) is 6. The summed E-state index contributed by atoms with van der Waals surface area (Å²) in [6.07, 6.45) is 1.60. The molecule has 0 spiro atoms. The largest absolute Gasteiger partial charge is 0.454 e. The molecule has 3 aliphatic heterocycles. The molecule has 0 aliphatic carbocycles. The topological polar surface area (TPSA) is 94.6 Å². The van der Waals surface area contributed by atoms with Crippen LogP contribution in [0.2, 0.25) is 0 Å². The first-order chi connectivity index (χ1) is 13.2. The number of thioether (sulfide) groups is 1. The van der Waals surface area contributed by atoms with Crippen LogP contribution in [0.25, 0.3) is 0 Å². The minimum absolute atomic E-state index is 0.107. The second-order valence-corrected chi connectivity index (χ2v) is 7.86. The lowest BCUT2D eigenvalue weighted by Crippen LogP contribution is -2.24. The van der Waals surface area contributed by atoms with Gasteiger partial charge in [-0.25, -0.2) is 0 Å². The van der Waals surface area contributed by atoms with Crippen LogP contribution in [-0.4, -0.2) is 41.4 Å². The van der Waals surface area contributed by atoms with Gasteiger partial charge in [-0.15, -0.1) is 11.8 Å².